The summed E-state index contributed by atoms with van der Waals surface area (Å²) in [5.74, 6) is 1.49. The molecular formula is C23H27N3O4. The number of nitrogens with one attached hydrogen (secondary N) is 1. The fourth-order valence-corrected chi connectivity index (χ4v) is 4.80. The smallest absolute Gasteiger partial charge is 0.262 e. The number of anilines is 1. The number of nitrogens with zero attached hydrogens (tertiary/aromatic N) is 2. The Morgan fingerprint density at radius 2 is 2.13 bits per heavy atom. The summed E-state index contributed by atoms with van der Waals surface area (Å²) in [5.41, 5.74) is 3.57. The molecule has 2 aromatic rings. The van der Waals surface area contributed by atoms with Gasteiger partial charge in [0.25, 0.3) is 11.8 Å². The van der Waals surface area contributed by atoms with Crippen LogP contribution in [0.3, 0.4) is 0 Å². The van der Waals surface area contributed by atoms with Crippen LogP contribution in [0.5, 0.6) is 11.6 Å². The van der Waals surface area contributed by atoms with E-state index in [4.69, 9.17) is 9.47 Å². The van der Waals surface area contributed by atoms with Gasteiger partial charge in [-0.15, -0.1) is 0 Å². The summed E-state index contributed by atoms with van der Waals surface area (Å²) in [6.07, 6.45) is 3.89. The van der Waals surface area contributed by atoms with Gasteiger partial charge in [0, 0.05) is 24.8 Å². The Morgan fingerprint density at radius 3 is 2.87 bits per heavy atom. The minimum atomic E-state index is -0.927. The topological polar surface area (TPSA) is 83.9 Å². The number of aliphatic hydroxyl groups is 1. The highest BCUT2D eigenvalue weighted by molar-refractivity contribution is 6.00. The van der Waals surface area contributed by atoms with Crippen molar-refractivity contribution in [3.63, 3.8) is 0 Å². The molecule has 1 saturated carbocycles. The minimum Gasteiger partial charge on any atom is -0.450 e. The van der Waals surface area contributed by atoms with Crippen molar-refractivity contribution in [3.05, 3.63) is 46.6 Å². The van der Waals surface area contributed by atoms with Gasteiger partial charge in [0.05, 0.1) is 17.3 Å². The first kappa shape index (κ1) is 19.2. The second-order valence-corrected chi connectivity index (χ2v) is 9.03. The maximum Gasteiger partial charge on any atom is 0.262 e. The van der Waals surface area contributed by atoms with E-state index in [1.165, 1.54) is 0 Å². The molecule has 1 aliphatic carbocycles. The predicted octanol–water partition coefficient (Wildman–Crippen LogP) is 3.24. The number of aromatic nitrogens is 1. The third kappa shape index (κ3) is 3.17. The lowest BCUT2D eigenvalue weighted by Gasteiger charge is -2.37. The molecule has 1 atom stereocenters. The molecule has 0 radical (unpaired) electrons. The molecule has 0 bridgehead atoms. The van der Waals surface area contributed by atoms with E-state index in [0.717, 1.165) is 40.8 Å². The van der Waals surface area contributed by atoms with Crippen LogP contribution in [0.2, 0.25) is 0 Å². The van der Waals surface area contributed by atoms with Crippen molar-refractivity contribution in [2.24, 2.45) is 5.92 Å². The van der Waals surface area contributed by atoms with Crippen molar-refractivity contribution in [2.45, 2.75) is 58.3 Å². The molecule has 7 nitrogen and oxygen atoms in total. The molecule has 3 aliphatic rings. The third-order valence-corrected chi connectivity index (χ3v) is 6.23. The van der Waals surface area contributed by atoms with Crippen LogP contribution in [0.4, 0.5) is 5.69 Å². The first-order valence-corrected chi connectivity index (χ1v) is 10.5. The molecule has 1 amide bonds. The Hall–Kier alpha value is -2.80. The molecule has 2 aliphatic heterocycles. The number of amides is 1. The van der Waals surface area contributed by atoms with Gasteiger partial charge in [-0.3, -0.25) is 4.79 Å². The summed E-state index contributed by atoms with van der Waals surface area (Å²) in [6.45, 7) is 6.78. The van der Waals surface area contributed by atoms with Crippen molar-refractivity contribution < 1.29 is 19.4 Å². The largest absolute Gasteiger partial charge is 0.450 e. The summed E-state index contributed by atoms with van der Waals surface area (Å²) in [4.78, 5) is 19.6. The highest BCUT2D eigenvalue weighted by Gasteiger charge is 2.48. The van der Waals surface area contributed by atoms with E-state index in [1.54, 1.807) is 6.20 Å². The summed E-state index contributed by atoms with van der Waals surface area (Å²) >= 11 is 0. The molecule has 30 heavy (non-hydrogen) atoms. The first-order chi connectivity index (χ1) is 14.3. The van der Waals surface area contributed by atoms with Gasteiger partial charge in [0.2, 0.25) is 12.5 Å². The van der Waals surface area contributed by atoms with Crippen molar-refractivity contribution >= 4 is 11.6 Å². The fraction of sp³-hybridized carbons (Fsp3) is 0.478. The zero-order valence-corrected chi connectivity index (χ0v) is 17.6. The lowest BCUT2D eigenvalue weighted by atomic mass is 9.93. The molecule has 3 heterocycles. The quantitative estimate of drug-likeness (QED) is 0.762. The summed E-state index contributed by atoms with van der Waals surface area (Å²) in [6, 6.07) is 5.83. The molecule has 0 spiro atoms. The minimum absolute atomic E-state index is 0.0117. The van der Waals surface area contributed by atoms with Crippen molar-refractivity contribution in [2.75, 3.05) is 12.1 Å². The Bertz CT molecular complexity index is 1010. The number of carbonyl (C=O) groups excluding carboxylic acids is 1. The Balaban J connectivity index is 1.42. The molecule has 1 unspecified atom stereocenters. The maximum absolute atomic E-state index is 13.4. The van der Waals surface area contributed by atoms with Crippen LogP contribution in [-0.4, -0.2) is 39.3 Å². The molecular weight excluding hydrogens is 382 g/mol. The van der Waals surface area contributed by atoms with Crippen LogP contribution >= 0.6 is 0 Å². The SMILES string of the molecule is Cc1cnc2c(c1NCc1cccc3c1C(=O)N(C(C1CC1)C(C)(C)O)C3)OCO2. The molecule has 0 saturated heterocycles. The van der Waals surface area contributed by atoms with Crippen molar-refractivity contribution in [3.8, 4) is 11.6 Å². The van der Waals surface area contributed by atoms with Gasteiger partial charge in [0.15, 0.2) is 0 Å². The molecule has 1 aromatic heterocycles. The number of pyridine rings is 1. The van der Waals surface area contributed by atoms with E-state index in [2.05, 4.69) is 10.3 Å². The van der Waals surface area contributed by atoms with Crippen LogP contribution in [0.1, 0.15) is 53.7 Å². The van der Waals surface area contributed by atoms with Gasteiger partial charge < -0.3 is 24.8 Å². The molecule has 2 N–H and O–H groups in total. The standard InChI is InChI=1S/C23H27N3O4/c1-13-9-25-21-19(29-12-30-21)18(13)24-10-15-5-4-6-16-11-26(22(27)17(15)16)20(14-7-8-14)23(2,3)28/h4-6,9,14,20,28H,7-8,10-12H2,1-3H3,(H,24,25). The lowest BCUT2D eigenvalue weighted by Crippen LogP contribution is -2.51. The van der Waals surface area contributed by atoms with Crippen LogP contribution in [-0.2, 0) is 13.1 Å². The van der Waals surface area contributed by atoms with Crippen LogP contribution in [0.25, 0.3) is 0 Å². The average molecular weight is 409 g/mol. The zero-order chi connectivity index (χ0) is 21.0. The predicted molar refractivity (Wildman–Crippen MR) is 112 cm³/mol. The Labute approximate surface area is 176 Å². The molecule has 7 heteroatoms. The number of aryl methyl sites for hydroxylation is 1. The normalized spacial score (nSPS) is 18.5. The van der Waals surface area contributed by atoms with Crippen LogP contribution < -0.4 is 14.8 Å². The van der Waals surface area contributed by atoms with E-state index >= 15 is 0 Å². The van der Waals surface area contributed by atoms with Gasteiger partial charge in [-0.25, -0.2) is 4.98 Å². The zero-order valence-electron chi connectivity index (χ0n) is 17.6. The van der Waals surface area contributed by atoms with Gasteiger partial charge in [-0.1, -0.05) is 18.2 Å². The van der Waals surface area contributed by atoms with E-state index in [1.807, 2.05) is 43.9 Å². The number of hydrogen-bond acceptors (Lipinski definition) is 6. The van der Waals surface area contributed by atoms with E-state index in [0.29, 0.717) is 30.6 Å². The monoisotopic (exact) mass is 409 g/mol. The highest BCUT2D eigenvalue weighted by Crippen LogP contribution is 2.44. The number of carbonyl (C=O) groups is 1. The van der Waals surface area contributed by atoms with E-state index < -0.39 is 5.60 Å². The summed E-state index contributed by atoms with van der Waals surface area (Å²) in [5, 5.41) is 14.2. The van der Waals surface area contributed by atoms with Crippen LogP contribution in [0, 0.1) is 12.8 Å². The number of benzene rings is 1. The van der Waals surface area contributed by atoms with Gasteiger partial charge in [-0.2, -0.15) is 0 Å². The van der Waals surface area contributed by atoms with E-state index in [9.17, 15) is 9.90 Å². The van der Waals surface area contributed by atoms with Gasteiger partial charge >= 0.3 is 0 Å². The van der Waals surface area contributed by atoms with E-state index in [-0.39, 0.29) is 18.7 Å². The molecule has 5 rings (SSSR count). The number of rotatable bonds is 6. The number of ether oxygens (including phenoxy) is 2. The summed E-state index contributed by atoms with van der Waals surface area (Å²) in [7, 11) is 0. The Morgan fingerprint density at radius 1 is 1.33 bits per heavy atom. The van der Waals surface area contributed by atoms with Crippen molar-refractivity contribution in [1.29, 1.82) is 0 Å². The second kappa shape index (κ2) is 6.87. The van der Waals surface area contributed by atoms with Gasteiger partial charge in [-0.05, 0) is 56.2 Å². The third-order valence-electron chi connectivity index (χ3n) is 6.23. The maximum atomic E-state index is 13.4. The highest BCUT2D eigenvalue weighted by atomic mass is 16.7. The first-order valence-electron chi connectivity index (χ1n) is 10.5. The summed E-state index contributed by atoms with van der Waals surface area (Å²) < 4.78 is 11.0. The number of fused-ring (bicyclic) bond motifs is 2. The molecule has 1 fully saturated rings. The molecule has 1 aromatic carbocycles. The van der Waals surface area contributed by atoms with Crippen LogP contribution in [0.15, 0.2) is 24.4 Å². The van der Waals surface area contributed by atoms with Crippen molar-refractivity contribution in [1.82, 2.24) is 9.88 Å². The Kier molecular flexibility index (Phi) is 4.39. The second-order valence-electron chi connectivity index (χ2n) is 9.03. The molecule has 158 valence electrons. The fourth-order valence-electron chi connectivity index (χ4n) is 4.80. The average Bonchev–Trinajstić information content (AvgIpc) is 3.29. The number of hydrogen-bond donors (Lipinski definition) is 2. The van der Waals surface area contributed by atoms with Gasteiger partial charge in [0.1, 0.15) is 0 Å². The lowest BCUT2D eigenvalue weighted by molar-refractivity contribution is -0.0224.